The highest BCUT2D eigenvalue weighted by Crippen LogP contribution is 2.37. The molecule has 0 saturated heterocycles. The maximum atomic E-state index is 4.95. The number of benzene rings is 7. The van der Waals surface area contributed by atoms with Gasteiger partial charge < -0.3 is 4.57 Å². The molecule has 7 aromatic carbocycles. The van der Waals surface area contributed by atoms with Gasteiger partial charge in [-0.2, -0.15) is 0 Å². The molecule has 0 aliphatic heterocycles. The fourth-order valence-electron chi connectivity index (χ4n) is 7.31. The lowest BCUT2D eigenvalue weighted by atomic mass is 10.0. The maximum absolute atomic E-state index is 4.95. The van der Waals surface area contributed by atoms with Crippen molar-refractivity contribution < 1.29 is 0 Å². The summed E-state index contributed by atoms with van der Waals surface area (Å²) >= 11 is 1.86. The van der Waals surface area contributed by atoms with Crippen LogP contribution in [-0.4, -0.2) is 14.5 Å². The summed E-state index contributed by atoms with van der Waals surface area (Å²) in [5.41, 5.74) is 11.0. The molecule has 10 rings (SSSR count). The standard InChI is InChI=1S/C48H31N3S/c1-3-11-34(12-4-1)42-31-43(35-13-5-2-6-14-35)50-48(49-42)28-20-32-19-27-45-41(29-32)38-15-7-9-17-44(38)51(45)37-24-21-33(22-25-37)36-23-26-40-39-16-8-10-18-46(39)52-47(40)30-36/h1-31H/b28-20-. The quantitative estimate of drug-likeness (QED) is 0.175. The molecule has 3 heterocycles. The summed E-state index contributed by atoms with van der Waals surface area (Å²) in [6, 6.07) is 62.5. The molecule has 3 aromatic heterocycles. The molecule has 0 bridgehead atoms. The first-order valence-electron chi connectivity index (χ1n) is 17.5. The SMILES string of the molecule is C(=C/c1nc(-c2ccccc2)cc(-c2ccccc2)n1)/c1ccc2c(c1)c1ccccc1n2-c1ccc(-c2ccc3c(c2)sc2ccccc23)cc1. The molecule has 3 nitrogen and oxygen atoms in total. The Hall–Kier alpha value is -6.62. The Morgan fingerprint density at radius 2 is 1.02 bits per heavy atom. The lowest BCUT2D eigenvalue weighted by Gasteiger charge is -2.10. The average Bonchev–Trinajstić information content (AvgIpc) is 3.76. The largest absolute Gasteiger partial charge is 0.309 e. The molecular weight excluding hydrogens is 651 g/mol. The smallest absolute Gasteiger partial charge is 0.153 e. The van der Waals surface area contributed by atoms with Gasteiger partial charge in [0, 0.05) is 47.8 Å². The molecule has 0 amide bonds. The Balaban J connectivity index is 1.01. The van der Waals surface area contributed by atoms with E-state index in [1.807, 2.05) is 53.8 Å². The van der Waals surface area contributed by atoms with Gasteiger partial charge in [0.15, 0.2) is 5.82 Å². The van der Waals surface area contributed by atoms with Crippen LogP contribution in [-0.2, 0) is 0 Å². The van der Waals surface area contributed by atoms with Crippen LogP contribution in [0.3, 0.4) is 0 Å². The van der Waals surface area contributed by atoms with Crippen LogP contribution in [0.4, 0.5) is 0 Å². The molecule has 0 radical (unpaired) electrons. The molecule has 0 aliphatic rings. The summed E-state index contributed by atoms with van der Waals surface area (Å²) < 4.78 is 5.02. The first kappa shape index (κ1) is 30.2. The molecule has 0 atom stereocenters. The van der Waals surface area contributed by atoms with Gasteiger partial charge in [0.2, 0.25) is 0 Å². The molecule has 0 spiro atoms. The molecule has 0 saturated carbocycles. The zero-order valence-corrected chi connectivity index (χ0v) is 29.0. The first-order valence-corrected chi connectivity index (χ1v) is 18.3. The number of hydrogen-bond acceptors (Lipinski definition) is 3. The summed E-state index contributed by atoms with van der Waals surface area (Å²) in [7, 11) is 0. The summed E-state index contributed by atoms with van der Waals surface area (Å²) in [5, 5.41) is 5.09. The Bertz CT molecular complexity index is 2880. The van der Waals surface area contributed by atoms with Crippen molar-refractivity contribution in [3.8, 4) is 39.3 Å². The van der Waals surface area contributed by atoms with E-state index in [-0.39, 0.29) is 0 Å². The Morgan fingerprint density at radius 1 is 0.404 bits per heavy atom. The van der Waals surface area contributed by atoms with E-state index >= 15 is 0 Å². The molecule has 4 heteroatoms. The third-order valence-electron chi connectivity index (χ3n) is 9.84. The maximum Gasteiger partial charge on any atom is 0.153 e. The van der Waals surface area contributed by atoms with E-state index in [0.717, 1.165) is 33.8 Å². The third-order valence-corrected chi connectivity index (χ3v) is 11.0. The Morgan fingerprint density at radius 3 is 1.77 bits per heavy atom. The van der Waals surface area contributed by atoms with Crippen molar-refractivity contribution in [3.63, 3.8) is 0 Å². The summed E-state index contributed by atoms with van der Waals surface area (Å²) in [5.74, 6) is 0.675. The van der Waals surface area contributed by atoms with E-state index in [9.17, 15) is 0 Å². The molecule has 244 valence electrons. The number of nitrogens with zero attached hydrogens (tertiary/aromatic N) is 3. The van der Waals surface area contributed by atoms with E-state index in [0.29, 0.717) is 5.82 Å². The highest BCUT2D eigenvalue weighted by molar-refractivity contribution is 7.25. The summed E-state index contributed by atoms with van der Waals surface area (Å²) in [4.78, 5) is 9.90. The minimum Gasteiger partial charge on any atom is -0.309 e. The molecule has 0 unspecified atom stereocenters. The third kappa shape index (κ3) is 5.38. The van der Waals surface area contributed by atoms with E-state index in [1.165, 1.54) is 53.1 Å². The van der Waals surface area contributed by atoms with E-state index in [4.69, 9.17) is 9.97 Å². The number of para-hydroxylation sites is 1. The fraction of sp³-hybridized carbons (Fsp3) is 0. The average molecular weight is 682 g/mol. The van der Waals surface area contributed by atoms with Gasteiger partial charge >= 0.3 is 0 Å². The van der Waals surface area contributed by atoms with Gasteiger partial charge in [-0.1, -0.05) is 133 Å². The van der Waals surface area contributed by atoms with E-state index in [1.54, 1.807) is 0 Å². The lowest BCUT2D eigenvalue weighted by molar-refractivity contribution is 1.14. The normalized spacial score (nSPS) is 11.8. The fourth-order valence-corrected chi connectivity index (χ4v) is 8.45. The van der Waals surface area contributed by atoms with Gasteiger partial charge in [-0.3, -0.25) is 0 Å². The van der Waals surface area contributed by atoms with E-state index in [2.05, 4.69) is 150 Å². The van der Waals surface area contributed by atoms with Crippen molar-refractivity contribution in [1.29, 1.82) is 0 Å². The lowest BCUT2D eigenvalue weighted by Crippen LogP contribution is -1.95. The van der Waals surface area contributed by atoms with Gasteiger partial charge in [-0.15, -0.1) is 11.3 Å². The molecule has 52 heavy (non-hydrogen) atoms. The van der Waals surface area contributed by atoms with Crippen molar-refractivity contribution in [1.82, 2.24) is 14.5 Å². The number of fused-ring (bicyclic) bond motifs is 6. The van der Waals surface area contributed by atoms with E-state index < -0.39 is 0 Å². The van der Waals surface area contributed by atoms with Crippen LogP contribution in [0.5, 0.6) is 0 Å². The summed E-state index contributed by atoms with van der Waals surface area (Å²) in [6.07, 6.45) is 4.14. The van der Waals surface area contributed by atoms with Crippen molar-refractivity contribution in [2.75, 3.05) is 0 Å². The number of rotatable bonds is 6. The Labute approximate surface area is 305 Å². The van der Waals surface area contributed by atoms with Crippen LogP contribution in [0, 0.1) is 0 Å². The minimum absolute atomic E-state index is 0.675. The predicted molar refractivity (Wildman–Crippen MR) is 221 cm³/mol. The molecule has 0 aliphatic carbocycles. The van der Waals surface area contributed by atoms with Crippen molar-refractivity contribution in [3.05, 3.63) is 187 Å². The minimum atomic E-state index is 0.675. The topological polar surface area (TPSA) is 30.7 Å². The zero-order valence-electron chi connectivity index (χ0n) is 28.1. The molecular formula is C48H31N3S. The Kier molecular flexibility index (Phi) is 7.33. The second-order valence-electron chi connectivity index (χ2n) is 13.0. The zero-order chi connectivity index (χ0) is 34.4. The van der Waals surface area contributed by atoms with Gasteiger partial charge in [-0.05, 0) is 71.3 Å². The van der Waals surface area contributed by atoms with Crippen molar-refractivity contribution >= 4 is 65.5 Å². The number of thiophene rings is 1. The number of hydrogen-bond donors (Lipinski definition) is 0. The molecule has 0 N–H and O–H groups in total. The van der Waals surface area contributed by atoms with Gasteiger partial charge in [0.25, 0.3) is 0 Å². The van der Waals surface area contributed by atoms with Gasteiger partial charge in [-0.25, -0.2) is 9.97 Å². The second-order valence-corrected chi connectivity index (χ2v) is 14.1. The first-order chi connectivity index (χ1) is 25.7. The van der Waals surface area contributed by atoms with Gasteiger partial charge in [0.1, 0.15) is 0 Å². The number of aromatic nitrogens is 3. The summed E-state index contributed by atoms with van der Waals surface area (Å²) in [6.45, 7) is 0. The van der Waals surface area contributed by atoms with Crippen LogP contribution in [0.2, 0.25) is 0 Å². The molecule has 0 fully saturated rings. The molecule has 10 aromatic rings. The van der Waals surface area contributed by atoms with Crippen molar-refractivity contribution in [2.24, 2.45) is 0 Å². The van der Waals surface area contributed by atoms with Crippen LogP contribution in [0.25, 0.3) is 93.5 Å². The van der Waals surface area contributed by atoms with Crippen molar-refractivity contribution in [2.45, 2.75) is 0 Å². The van der Waals surface area contributed by atoms with Crippen LogP contribution >= 0.6 is 11.3 Å². The van der Waals surface area contributed by atoms with Crippen LogP contribution < -0.4 is 0 Å². The highest BCUT2D eigenvalue weighted by Gasteiger charge is 2.14. The highest BCUT2D eigenvalue weighted by atomic mass is 32.1. The van der Waals surface area contributed by atoms with Crippen LogP contribution in [0.15, 0.2) is 176 Å². The second kappa shape index (κ2) is 12.6. The van der Waals surface area contributed by atoms with Gasteiger partial charge in [0.05, 0.1) is 22.4 Å². The monoisotopic (exact) mass is 681 g/mol. The predicted octanol–water partition coefficient (Wildman–Crippen LogP) is 13.1. The van der Waals surface area contributed by atoms with Crippen LogP contribution in [0.1, 0.15) is 11.4 Å².